The number of aromatic nitrogens is 1. The number of rotatable bonds is 6. The Morgan fingerprint density at radius 3 is 2.47 bits per heavy atom. The molecule has 1 aliphatic rings. The first-order valence-corrected chi connectivity index (χ1v) is 12.9. The highest BCUT2D eigenvalue weighted by Gasteiger charge is 2.18. The van der Waals surface area contributed by atoms with Crippen molar-refractivity contribution in [1.29, 1.82) is 0 Å². The third-order valence-electron chi connectivity index (χ3n) is 6.06. The molecule has 0 radical (unpaired) electrons. The summed E-state index contributed by atoms with van der Waals surface area (Å²) in [5.41, 5.74) is 10.1. The molecule has 10 heteroatoms. The molecule has 0 aliphatic carbocycles. The maximum Gasteiger partial charge on any atom is 0.295 e. The summed E-state index contributed by atoms with van der Waals surface area (Å²) in [5.74, 6) is 0. The van der Waals surface area contributed by atoms with Crippen molar-refractivity contribution in [1.82, 2.24) is 9.88 Å². The number of fused-ring (bicyclic) bond motifs is 1. The number of nitrogens with two attached hydrogens (primary N) is 1. The van der Waals surface area contributed by atoms with Crippen molar-refractivity contribution in [3.63, 3.8) is 0 Å². The van der Waals surface area contributed by atoms with Crippen LogP contribution in [0.4, 0.5) is 17.1 Å². The highest BCUT2D eigenvalue weighted by molar-refractivity contribution is 7.86. The molecule has 0 amide bonds. The van der Waals surface area contributed by atoms with Crippen LogP contribution in [0.15, 0.2) is 88.1 Å². The lowest BCUT2D eigenvalue weighted by atomic mass is 10.1. The Morgan fingerprint density at radius 2 is 1.75 bits per heavy atom. The Hall–Kier alpha value is -3.70. The summed E-state index contributed by atoms with van der Waals surface area (Å²) < 4.78 is 38.9. The Morgan fingerprint density at radius 1 is 0.972 bits per heavy atom. The molecule has 0 atom stereocenters. The van der Waals surface area contributed by atoms with Crippen molar-refractivity contribution < 1.29 is 17.7 Å². The normalized spacial score (nSPS) is 15.0. The molecule has 0 unspecified atom stereocenters. The molecule has 0 spiro atoms. The van der Waals surface area contributed by atoms with E-state index >= 15 is 0 Å². The number of ether oxygens (including phenoxy) is 1. The van der Waals surface area contributed by atoms with Crippen molar-refractivity contribution in [2.24, 2.45) is 10.2 Å². The van der Waals surface area contributed by atoms with Gasteiger partial charge in [0.25, 0.3) is 10.1 Å². The van der Waals surface area contributed by atoms with Gasteiger partial charge in [-0.2, -0.15) is 8.42 Å². The number of hydrogen-bond donors (Lipinski definition) is 2. The SMILES string of the molecule is Nc1c(N=Nc2ccc(-c3cccc(CN4CCOCC4)c3)nc2)cc(S(=O)(=O)O)c2ccccc12. The van der Waals surface area contributed by atoms with Crippen LogP contribution in [0.1, 0.15) is 5.56 Å². The molecule has 184 valence electrons. The first-order chi connectivity index (χ1) is 17.4. The van der Waals surface area contributed by atoms with E-state index in [2.05, 4.69) is 32.2 Å². The number of azo groups is 1. The first-order valence-electron chi connectivity index (χ1n) is 11.4. The van der Waals surface area contributed by atoms with E-state index in [9.17, 15) is 13.0 Å². The lowest BCUT2D eigenvalue weighted by Crippen LogP contribution is -2.35. The second-order valence-electron chi connectivity index (χ2n) is 8.52. The van der Waals surface area contributed by atoms with Crippen LogP contribution in [0.5, 0.6) is 0 Å². The van der Waals surface area contributed by atoms with Gasteiger partial charge in [0, 0.05) is 36.0 Å². The monoisotopic (exact) mass is 503 g/mol. The minimum atomic E-state index is -4.48. The molecule has 36 heavy (non-hydrogen) atoms. The molecule has 1 aromatic heterocycles. The van der Waals surface area contributed by atoms with Gasteiger partial charge in [0.05, 0.1) is 30.8 Å². The van der Waals surface area contributed by atoms with Crippen LogP contribution in [0.2, 0.25) is 0 Å². The second kappa shape index (κ2) is 10.1. The minimum Gasteiger partial charge on any atom is -0.396 e. The van der Waals surface area contributed by atoms with Gasteiger partial charge in [-0.05, 0) is 29.8 Å². The minimum absolute atomic E-state index is 0.140. The summed E-state index contributed by atoms with van der Waals surface area (Å²) in [6.45, 7) is 4.24. The molecule has 1 fully saturated rings. The fraction of sp³-hybridized carbons (Fsp3) is 0.192. The molecule has 3 aromatic carbocycles. The number of pyridine rings is 1. The summed E-state index contributed by atoms with van der Waals surface area (Å²) in [6.07, 6.45) is 1.59. The van der Waals surface area contributed by atoms with Gasteiger partial charge in [-0.15, -0.1) is 10.2 Å². The summed E-state index contributed by atoms with van der Waals surface area (Å²) in [5, 5.41) is 9.12. The van der Waals surface area contributed by atoms with Gasteiger partial charge in [-0.3, -0.25) is 14.4 Å². The van der Waals surface area contributed by atoms with Crippen LogP contribution in [0.25, 0.3) is 22.0 Å². The zero-order valence-corrected chi connectivity index (χ0v) is 20.2. The quantitative estimate of drug-likeness (QED) is 0.216. The molecule has 0 saturated carbocycles. The van der Waals surface area contributed by atoms with E-state index < -0.39 is 10.1 Å². The number of anilines is 1. The van der Waals surface area contributed by atoms with Gasteiger partial charge >= 0.3 is 0 Å². The van der Waals surface area contributed by atoms with Crippen molar-refractivity contribution >= 4 is 38.0 Å². The van der Waals surface area contributed by atoms with E-state index in [0.717, 1.165) is 44.1 Å². The van der Waals surface area contributed by atoms with E-state index in [1.54, 1.807) is 36.5 Å². The third kappa shape index (κ3) is 5.26. The Kier molecular flexibility index (Phi) is 6.75. The zero-order chi connectivity index (χ0) is 25.1. The summed E-state index contributed by atoms with van der Waals surface area (Å²) in [7, 11) is -4.48. The average molecular weight is 504 g/mol. The second-order valence-corrected chi connectivity index (χ2v) is 9.91. The Balaban J connectivity index is 1.38. The van der Waals surface area contributed by atoms with Gasteiger partial charge in [-0.25, -0.2) is 0 Å². The maximum atomic E-state index is 11.9. The maximum absolute atomic E-state index is 11.9. The van der Waals surface area contributed by atoms with Gasteiger partial charge in [0.1, 0.15) is 16.3 Å². The molecule has 1 saturated heterocycles. The number of nitrogens with zero attached hydrogens (tertiary/aromatic N) is 4. The Labute approximate surface area is 209 Å². The fourth-order valence-electron chi connectivity index (χ4n) is 4.22. The zero-order valence-electron chi connectivity index (χ0n) is 19.4. The number of nitrogen functional groups attached to an aromatic ring is 1. The predicted molar refractivity (Wildman–Crippen MR) is 138 cm³/mol. The first kappa shape index (κ1) is 24.0. The van der Waals surface area contributed by atoms with Crippen molar-refractivity contribution in [2.45, 2.75) is 11.4 Å². The van der Waals surface area contributed by atoms with E-state index in [0.29, 0.717) is 16.5 Å². The third-order valence-corrected chi connectivity index (χ3v) is 6.95. The molecule has 3 N–H and O–H groups in total. The highest BCUT2D eigenvalue weighted by atomic mass is 32.2. The average Bonchev–Trinajstić information content (AvgIpc) is 2.89. The van der Waals surface area contributed by atoms with Crippen LogP contribution in [-0.4, -0.2) is 49.2 Å². The van der Waals surface area contributed by atoms with E-state index in [1.807, 2.05) is 18.2 Å². The van der Waals surface area contributed by atoms with Crippen LogP contribution >= 0.6 is 0 Å². The van der Waals surface area contributed by atoms with Crippen LogP contribution in [0, 0.1) is 0 Å². The molecule has 9 nitrogen and oxygen atoms in total. The molecule has 2 heterocycles. The number of morpholine rings is 1. The van der Waals surface area contributed by atoms with E-state index in [4.69, 9.17) is 10.5 Å². The summed E-state index contributed by atoms with van der Waals surface area (Å²) in [6, 6.07) is 19.8. The van der Waals surface area contributed by atoms with E-state index in [-0.39, 0.29) is 16.3 Å². The highest BCUT2D eigenvalue weighted by Crippen LogP contribution is 2.36. The molecular weight excluding hydrogens is 478 g/mol. The molecule has 5 rings (SSSR count). The molecule has 4 aromatic rings. The standard InChI is InChI=1S/C26H25N5O4S/c27-26-22-7-2-1-6-21(22)25(36(32,33)34)15-24(26)30-29-20-8-9-23(28-16-20)19-5-3-4-18(14-19)17-31-10-12-35-13-11-31/h1-9,14-16H,10-13,17,27H2,(H,32,33,34). The molecule has 1 aliphatic heterocycles. The van der Waals surface area contributed by atoms with Crippen molar-refractivity contribution in [3.8, 4) is 11.3 Å². The molecule has 0 bridgehead atoms. The van der Waals surface area contributed by atoms with Crippen LogP contribution in [-0.2, 0) is 21.4 Å². The fourth-order valence-corrected chi connectivity index (χ4v) is 4.94. The largest absolute Gasteiger partial charge is 0.396 e. The van der Waals surface area contributed by atoms with Crippen LogP contribution < -0.4 is 5.73 Å². The lowest BCUT2D eigenvalue weighted by molar-refractivity contribution is 0.0342. The lowest BCUT2D eigenvalue weighted by Gasteiger charge is -2.26. The van der Waals surface area contributed by atoms with Crippen LogP contribution in [0.3, 0.4) is 0 Å². The van der Waals surface area contributed by atoms with Crippen molar-refractivity contribution in [2.75, 3.05) is 32.0 Å². The van der Waals surface area contributed by atoms with E-state index in [1.165, 1.54) is 11.6 Å². The summed E-state index contributed by atoms with van der Waals surface area (Å²) >= 11 is 0. The van der Waals surface area contributed by atoms with Gasteiger partial charge in [0.15, 0.2) is 0 Å². The number of hydrogen-bond acceptors (Lipinski definition) is 8. The van der Waals surface area contributed by atoms with Crippen molar-refractivity contribution in [3.05, 3.63) is 78.5 Å². The Bertz CT molecular complexity index is 1530. The number of benzene rings is 3. The smallest absolute Gasteiger partial charge is 0.295 e. The topological polar surface area (TPSA) is 130 Å². The molecular formula is C26H25N5O4S. The summed E-state index contributed by atoms with van der Waals surface area (Å²) in [4.78, 5) is 6.62. The van der Waals surface area contributed by atoms with Gasteiger partial charge < -0.3 is 10.5 Å². The van der Waals surface area contributed by atoms with Gasteiger partial charge in [-0.1, -0.05) is 42.5 Å². The van der Waals surface area contributed by atoms with Gasteiger partial charge in [0.2, 0.25) is 0 Å². The predicted octanol–water partition coefficient (Wildman–Crippen LogP) is 4.98.